The maximum absolute atomic E-state index is 10.7. The Morgan fingerprint density at radius 1 is 1.44 bits per heavy atom. The van der Waals surface area contributed by atoms with Crippen LogP contribution >= 0.6 is 0 Å². The molecule has 1 unspecified atom stereocenters. The normalized spacial score (nSPS) is 24.1. The van der Waals surface area contributed by atoms with Crippen LogP contribution < -0.4 is 0 Å². The van der Waals surface area contributed by atoms with E-state index in [9.17, 15) is 4.79 Å². The van der Waals surface area contributed by atoms with Crippen LogP contribution in [0.15, 0.2) is 11.6 Å². The highest BCUT2D eigenvalue weighted by Gasteiger charge is 2.14. The molecule has 1 aliphatic rings. The lowest BCUT2D eigenvalue weighted by molar-refractivity contribution is -0.132. The smallest absolute Gasteiger partial charge is 0.330 e. The maximum atomic E-state index is 10.7. The van der Waals surface area contributed by atoms with Crippen molar-refractivity contribution in [1.82, 2.24) is 4.90 Å². The SMILES string of the molecule is CCC1CCCN(CC=C(C)C(=O)O)CC1. The fraction of sp³-hybridized carbons (Fsp3) is 0.769. The first-order chi connectivity index (χ1) is 7.63. The summed E-state index contributed by atoms with van der Waals surface area (Å²) >= 11 is 0. The summed E-state index contributed by atoms with van der Waals surface area (Å²) in [6.07, 6.45) is 6.94. The lowest BCUT2D eigenvalue weighted by atomic mass is 9.98. The van der Waals surface area contributed by atoms with Crippen molar-refractivity contribution in [3.8, 4) is 0 Å². The highest BCUT2D eigenvalue weighted by molar-refractivity contribution is 5.85. The van der Waals surface area contributed by atoms with Crippen LogP contribution in [0, 0.1) is 5.92 Å². The summed E-state index contributed by atoms with van der Waals surface area (Å²) in [5.74, 6) is 0.0656. The van der Waals surface area contributed by atoms with Gasteiger partial charge in [-0.1, -0.05) is 19.4 Å². The fourth-order valence-corrected chi connectivity index (χ4v) is 2.17. The Bertz CT molecular complexity index is 261. The predicted molar refractivity (Wildman–Crippen MR) is 65.5 cm³/mol. The van der Waals surface area contributed by atoms with E-state index in [2.05, 4.69) is 11.8 Å². The van der Waals surface area contributed by atoms with Gasteiger partial charge in [-0.2, -0.15) is 0 Å². The number of likely N-dealkylation sites (tertiary alicyclic amines) is 1. The topological polar surface area (TPSA) is 40.5 Å². The Morgan fingerprint density at radius 3 is 2.81 bits per heavy atom. The number of hydrogen-bond donors (Lipinski definition) is 1. The third-order valence-electron chi connectivity index (χ3n) is 3.51. The summed E-state index contributed by atoms with van der Waals surface area (Å²) < 4.78 is 0. The standard InChI is InChI=1S/C13H23NO2/c1-3-12-5-4-8-14(10-7-12)9-6-11(2)13(15)16/h6,12H,3-5,7-10H2,1-2H3,(H,15,16). The number of aliphatic carboxylic acids is 1. The first-order valence-electron chi connectivity index (χ1n) is 6.26. The summed E-state index contributed by atoms with van der Waals surface area (Å²) in [5, 5.41) is 8.76. The van der Waals surface area contributed by atoms with Crippen molar-refractivity contribution in [2.24, 2.45) is 5.92 Å². The molecule has 3 heteroatoms. The molecule has 1 atom stereocenters. The second-order valence-corrected chi connectivity index (χ2v) is 4.70. The molecule has 3 nitrogen and oxygen atoms in total. The minimum atomic E-state index is -0.804. The maximum Gasteiger partial charge on any atom is 0.330 e. The molecule has 1 rings (SSSR count). The third kappa shape index (κ3) is 4.35. The summed E-state index contributed by atoms with van der Waals surface area (Å²) in [5.41, 5.74) is 0.455. The van der Waals surface area contributed by atoms with Crippen molar-refractivity contribution in [3.63, 3.8) is 0 Å². The Balaban J connectivity index is 2.38. The van der Waals surface area contributed by atoms with Crippen LogP contribution in [0.2, 0.25) is 0 Å². The first-order valence-corrected chi connectivity index (χ1v) is 6.26. The average Bonchev–Trinajstić information content (AvgIpc) is 2.50. The lowest BCUT2D eigenvalue weighted by Crippen LogP contribution is -2.25. The summed E-state index contributed by atoms with van der Waals surface area (Å²) in [6.45, 7) is 6.93. The molecule has 0 radical (unpaired) electrons. The van der Waals surface area contributed by atoms with Gasteiger partial charge in [0.25, 0.3) is 0 Å². The molecule has 1 aliphatic heterocycles. The van der Waals surface area contributed by atoms with Gasteiger partial charge in [0.1, 0.15) is 0 Å². The van der Waals surface area contributed by atoms with Crippen LogP contribution in [0.1, 0.15) is 39.5 Å². The van der Waals surface area contributed by atoms with E-state index in [4.69, 9.17) is 5.11 Å². The van der Waals surface area contributed by atoms with E-state index in [0.717, 1.165) is 25.6 Å². The Kier molecular flexibility index (Phi) is 5.53. The number of hydrogen-bond acceptors (Lipinski definition) is 2. The summed E-state index contributed by atoms with van der Waals surface area (Å²) in [7, 11) is 0. The number of carboxylic acid groups (broad SMARTS) is 1. The van der Waals surface area contributed by atoms with Crippen LogP contribution in [0.25, 0.3) is 0 Å². The summed E-state index contributed by atoms with van der Waals surface area (Å²) in [4.78, 5) is 13.0. The van der Waals surface area contributed by atoms with E-state index in [1.165, 1.54) is 25.7 Å². The van der Waals surface area contributed by atoms with Gasteiger partial charge in [0, 0.05) is 12.1 Å². The number of rotatable bonds is 4. The van der Waals surface area contributed by atoms with Crippen molar-refractivity contribution < 1.29 is 9.90 Å². The highest BCUT2D eigenvalue weighted by atomic mass is 16.4. The number of carboxylic acids is 1. The molecule has 0 saturated carbocycles. The highest BCUT2D eigenvalue weighted by Crippen LogP contribution is 2.20. The van der Waals surface area contributed by atoms with Crippen molar-refractivity contribution >= 4 is 5.97 Å². The van der Waals surface area contributed by atoms with E-state index < -0.39 is 5.97 Å². The molecule has 0 bridgehead atoms. The Hall–Kier alpha value is -0.830. The number of carbonyl (C=O) groups is 1. The minimum absolute atomic E-state index is 0.455. The van der Waals surface area contributed by atoms with Crippen molar-refractivity contribution in [2.75, 3.05) is 19.6 Å². The number of nitrogens with zero attached hydrogens (tertiary/aromatic N) is 1. The minimum Gasteiger partial charge on any atom is -0.478 e. The quantitative estimate of drug-likeness (QED) is 0.747. The van der Waals surface area contributed by atoms with Crippen molar-refractivity contribution in [2.45, 2.75) is 39.5 Å². The molecular weight excluding hydrogens is 202 g/mol. The van der Waals surface area contributed by atoms with E-state index in [-0.39, 0.29) is 0 Å². The molecule has 0 spiro atoms. The monoisotopic (exact) mass is 225 g/mol. The van der Waals surface area contributed by atoms with E-state index in [0.29, 0.717) is 5.57 Å². The zero-order valence-corrected chi connectivity index (χ0v) is 10.4. The van der Waals surface area contributed by atoms with Crippen molar-refractivity contribution in [1.29, 1.82) is 0 Å². The zero-order chi connectivity index (χ0) is 12.0. The largest absolute Gasteiger partial charge is 0.478 e. The van der Waals surface area contributed by atoms with Gasteiger partial charge < -0.3 is 5.11 Å². The van der Waals surface area contributed by atoms with Crippen molar-refractivity contribution in [3.05, 3.63) is 11.6 Å². The van der Waals surface area contributed by atoms with Gasteiger partial charge in [0.15, 0.2) is 0 Å². The van der Waals surface area contributed by atoms with Gasteiger partial charge in [0.2, 0.25) is 0 Å². The first kappa shape index (κ1) is 13.2. The Morgan fingerprint density at radius 2 is 2.19 bits per heavy atom. The molecule has 16 heavy (non-hydrogen) atoms. The second-order valence-electron chi connectivity index (χ2n) is 4.70. The Labute approximate surface area is 98.1 Å². The van der Waals surface area contributed by atoms with Crippen LogP contribution in [-0.4, -0.2) is 35.6 Å². The summed E-state index contributed by atoms with van der Waals surface area (Å²) in [6, 6.07) is 0. The van der Waals surface area contributed by atoms with Gasteiger partial charge >= 0.3 is 5.97 Å². The molecule has 1 fully saturated rings. The fourth-order valence-electron chi connectivity index (χ4n) is 2.17. The molecule has 92 valence electrons. The molecule has 0 aromatic rings. The molecule has 0 aromatic heterocycles. The molecule has 0 aromatic carbocycles. The van der Waals surface area contributed by atoms with Crippen LogP contribution in [0.3, 0.4) is 0 Å². The van der Waals surface area contributed by atoms with Crippen LogP contribution in [0.4, 0.5) is 0 Å². The van der Waals surface area contributed by atoms with Crippen LogP contribution in [0.5, 0.6) is 0 Å². The molecule has 0 aliphatic carbocycles. The van der Waals surface area contributed by atoms with Gasteiger partial charge in [-0.15, -0.1) is 0 Å². The van der Waals surface area contributed by atoms with E-state index >= 15 is 0 Å². The third-order valence-corrected chi connectivity index (χ3v) is 3.51. The molecule has 1 heterocycles. The average molecular weight is 225 g/mol. The molecular formula is C13H23NO2. The van der Waals surface area contributed by atoms with Gasteiger partial charge in [0.05, 0.1) is 0 Å². The predicted octanol–water partition coefficient (Wildman–Crippen LogP) is 2.53. The molecule has 0 amide bonds. The van der Waals surface area contributed by atoms with E-state index in [1.54, 1.807) is 6.92 Å². The zero-order valence-electron chi connectivity index (χ0n) is 10.4. The second kappa shape index (κ2) is 6.69. The van der Waals surface area contributed by atoms with Gasteiger partial charge in [-0.05, 0) is 45.2 Å². The lowest BCUT2D eigenvalue weighted by Gasteiger charge is -2.18. The van der Waals surface area contributed by atoms with E-state index in [1.807, 2.05) is 6.08 Å². The van der Waals surface area contributed by atoms with Gasteiger partial charge in [-0.25, -0.2) is 4.79 Å². The molecule has 1 N–H and O–H groups in total. The van der Waals surface area contributed by atoms with Crippen LogP contribution in [-0.2, 0) is 4.79 Å². The van der Waals surface area contributed by atoms with Gasteiger partial charge in [-0.3, -0.25) is 4.90 Å². The molecule has 1 saturated heterocycles.